The minimum Gasteiger partial charge on any atom is -0.456 e. The lowest BCUT2D eigenvalue weighted by molar-refractivity contribution is 0.443. The lowest BCUT2D eigenvalue weighted by atomic mass is 9.76. The van der Waals surface area contributed by atoms with E-state index in [0.29, 0.717) is 5.92 Å². The minimum absolute atomic E-state index is 0.0169. The second kappa shape index (κ2) is 13.6. The van der Waals surface area contributed by atoms with E-state index in [1.54, 1.807) is 0 Å². The molecule has 3 aliphatic rings. The summed E-state index contributed by atoms with van der Waals surface area (Å²) in [4.78, 5) is 4.89. The molecule has 0 saturated heterocycles. The molecular formula is C53H46N2O. The summed E-state index contributed by atoms with van der Waals surface area (Å²) in [5, 5.41) is 2.31. The molecule has 0 radical (unpaired) electrons. The fourth-order valence-electron chi connectivity index (χ4n) is 10.5. The van der Waals surface area contributed by atoms with Crippen LogP contribution >= 0.6 is 0 Å². The van der Waals surface area contributed by atoms with Gasteiger partial charge in [-0.2, -0.15) is 0 Å². The van der Waals surface area contributed by atoms with E-state index in [2.05, 4.69) is 174 Å². The monoisotopic (exact) mass is 726 g/mol. The molecule has 0 N–H and O–H groups in total. The van der Waals surface area contributed by atoms with Gasteiger partial charge in [-0.05, 0) is 157 Å². The number of fused-ring (bicyclic) bond motifs is 7. The molecule has 7 aromatic carbocycles. The molecule has 1 fully saturated rings. The van der Waals surface area contributed by atoms with Crippen LogP contribution in [0.3, 0.4) is 0 Å². The molecule has 0 bridgehead atoms. The normalized spacial score (nSPS) is 17.7. The van der Waals surface area contributed by atoms with Gasteiger partial charge in [0.15, 0.2) is 0 Å². The summed E-state index contributed by atoms with van der Waals surface area (Å²) in [7, 11) is 0. The van der Waals surface area contributed by atoms with E-state index in [1.165, 1.54) is 88.4 Å². The van der Waals surface area contributed by atoms with Crippen LogP contribution in [0, 0.1) is 0 Å². The van der Waals surface area contributed by atoms with Gasteiger partial charge < -0.3 is 14.2 Å². The lowest BCUT2D eigenvalue weighted by Crippen LogP contribution is -2.22. The summed E-state index contributed by atoms with van der Waals surface area (Å²) in [5.74, 6) is 0.673. The lowest BCUT2D eigenvalue weighted by Gasteiger charge is -2.32. The van der Waals surface area contributed by atoms with Crippen molar-refractivity contribution in [1.82, 2.24) is 0 Å². The Labute approximate surface area is 329 Å². The van der Waals surface area contributed by atoms with Gasteiger partial charge in [0.1, 0.15) is 11.2 Å². The van der Waals surface area contributed by atoms with E-state index in [4.69, 9.17) is 4.42 Å². The zero-order valence-corrected chi connectivity index (χ0v) is 31.8. The minimum atomic E-state index is -0.0169. The summed E-state index contributed by atoms with van der Waals surface area (Å²) >= 11 is 0. The molecule has 0 aliphatic heterocycles. The predicted molar refractivity (Wildman–Crippen MR) is 233 cm³/mol. The van der Waals surface area contributed by atoms with Crippen molar-refractivity contribution in [3.63, 3.8) is 0 Å². The van der Waals surface area contributed by atoms with Crippen LogP contribution in [0.1, 0.15) is 78.7 Å². The van der Waals surface area contributed by atoms with Gasteiger partial charge in [-0.3, -0.25) is 0 Å². The second-order valence-electron chi connectivity index (χ2n) is 16.3. The molecule has 8 aromatic rings. The fourth-order valence-corrected chi connectivity index (χ4v) is 10.5. The van der Waals surface area contributed by atoms with E-state index < -0.39 is 0 Å². The summed E-state index contributed by atoms with van der Waals surface area (Å²) in [6.07, 6.45) is 11.2. The molecule has 1 spiro atoms. The van der Waals surface area contributed by atoms with Crippen LogP contribution in [0.15, 0.2) is 168 Å². The number of para-hydroxylation sites is 3. The predicted octanol–water partition coefficient (Wildman–Crippen LogP) is 14.8. The molecule has 274 valence electrons. The first-order valence-corrected chi connectivity index (χ1v) is 20.7. The molecule has 0 unspecified atom stereocenters. The Bertz CT molecular complexity index is 2650. The smallest absolute Gasteiger partial charge is 0.135 e. The summed E-state index contributed by atoms with van der Waals surface area (Å²) in [6.45, 7) is 0. The molecule has 0 amide bonds. The number of hydrogen-bond donors (Lipinski definition) is 0. The van der Waals surface area contributed by atoms with Gasteiger partial charge in [-0.15, -0.1) is 0 Å². The molecule has 56 heavy (non-hydrogen) atoms. The first kappa shape index (κ1) is 33.3. The van der Waals surface area contributed by atoms with Crippen LogP contribution < -0.4 is 9.80 Å². The van der Waals surface area contributed by atoms with Crippen LogP contribution in [-0.2, 0) is 18.3 Å². The molecule has 11 rings (SSSR count). The van der Waals surface area contributed by atoms with Gasteiger partial charge in [0.05, 0.1) is 0 Å². The highest BCUT2D eigenvalue weighted by molar-refractivity contribution is 6.06. The number of furan rings is 1. The largest absolute Gasteiger partial charge is 0.456 e. The Morgan fingerprint density at radius 1 is 0.429 bits per heavy atom. The highest BCUT2D eigenvalue weighted by Gasteiger charge is 2.45. The van der Waals surface area contributed by atoms with Crippen LogP contribution in [0.4, 0.5) is 34.1 Å². The van der Waals surface area contributed by atoms with Crippen molar-refractivity contribution < 1.29 is 4.42 Å². The van der Waals surface area contributed by atoms with E-state index in [1.807, 2.05) is 0 Å². The van der Waals surface area contributed by atoms with Gasteiger partial charge >= 0.3 is 0 Å². The summed E-state index contributed by atoms with van der Waals surface area (Å²) in [5.41, 5.74) is 16.4. The third-order valence-corrected chi connectivity index (χ3v) is 13.3. The standard InChI is InChI=1S/C53H46N2O/c1-4-12-37(13-5-1)38-20-24-43(25-21-38)55(44-28-29-52-48(34-44)47-18-10-11-19-51(47)56-52)46-27-23-40-31-33-53(50(40)36-46)32-30-39-22-26-45(35-49(39)53)54(41-14-6-2-7-15-41)42-16-8-3-9-17-42/h2-3,6-11,14-29,34-37H,1,4-5,12-13,30-33H2/t53-/m1/s1. The van der Waals surface area contributed by atoms with Crippen molar-refractivity contribution in [2.24, 2.45) is 0 Å². The number of aryl methyl sites for hydroxylation is 2. The first-order chi connectivity index (χ1) is 27.7. The third-order valence-electron chi connectivity index (χ3n) is 13.3. The molecule has 3 aliphatic carbocycles. The first-order valence-electron chi connectivity index (χ1n) is 20.7. The fraction of sp³-hybridized carbons (Fsp3) is 0.208. The third kappa shape index (κ3) is 5.55. The number of nitrogens with zero attached hydrogens (tertiary/aromatic N) is 2. The maximum absolute atomic E-state index is 6.30. The van der Waals surface area contributed by atoms with Crippen molar-refractivity contribution in [2.75, 3.05) is 9.80 Å². The maximum Gasteiger partial charge on any atom is 0.135 e. The van der Waals surface area contributed by atoms with Crippen LogP contribution in [0.2, 0.25) is 0 Å². The van der Waals surface area contributed by atoms with Crippen LogP contribution in [-0.4, -0.2) is 0 Å². The average Bonchev–Trinajstić information content (AvgIpc) is 3.95. The zero-order valence-electron chi connectivity index (χ0n) is 31.8. The highest BCUT2D eigenvalue weighted by Crippen LogP contribution is 2.55. The van der Waals surface area contributed by atoms with E-state index in [9.17, 15) is 0 Å². The van der Waals surface area contributed by atoms with Crippen molar-refractivity contribution in [3.8, 4) is 0 Å². The zero-order chi connectivity index (χ0) is 37.1. The average molecular weight is 727 g/mol. The van der Waals surface area contributed by atoms with Gasteiger partial charge in [0.25, 0.3) is 0 Å². The summed E-state index contributed by atoms with van der Waals surface area (Å²) < 4.78 is 6.30. The number of rotatable bonds is 7. The highest BCUT2D eigenvalue weighted by atomic mass is 16.3. The van der Waals surface area contributed by atoms with Crippen molar-refractivity contribution in [2.45, 2.75) is 69.1 Å². The topological polar surface area (TPSA) is 19.6 Å². The molecule has 1 heterocycles. The number of hydrogen-bond acceptors (Lipinski definition) is 3. The Kier molecular flexibility index (Phi) is 8.09. The molecule has 1 atom stereocenters. The van der Waals surface area contributed by atoms with Crippen molar-refractivity contribution >= 4 is 56.1 Å². The van der Waals surface area contributed by atoms with Crippen LogP contribution in [0.5, 0.6) is 0 Å². The number of anilines is 6. The molecule has 1 saturated carbocycles. The molecule has 3 heteroatoms. The van der Waals surface area contributed by atoms with Crippen molar-refractivity contribution in [3.05, 3.63) is 192 Å². The SMILES string of the molecule is c1ccc(N(c2ccccc2)c2ccc3c(c2)[C@@]2(CC3)CCc3ccc(N(c4ccc(C5CCCCC5)cc4)c4ccc5oc6ccccc6c5c4)cc32)cc1. The van der Waals surface area contributed by atoms with Gasteiger partial charge in [0, 0.05) is 50.3 Å². The van der Waals surface area contributed by atoms with Gasteiger partial charge in [-0.1, -0.05) is 98.1 Å². The Morgan fingerprint density at radius 3 is 1.57 bits per heavy atom. The molecular weight excluding hydrogens is 681 g/mol. The second-order valence-corrected chi connectivity index (χ2v) is 16.3. The Balaban J connectivity index is 1.04. The molecule has 1 aromatic heterocycles. The Hall–Kier alpha value is -6.06. The number of benzene rings is 7. The van der Waals surface area contributed by atoms with E-state index >= 15 is 0 Å². The quantitative estimate of drug-likeness (QED) is 0.163. The maximum atomic E-state index is 6.30. The Morgan fingerprint density at radius 2 is 0.929 bits per heavy atom. The molecule has 3 nitrogen and oxygen atoms in total. The van der Waals surface area contributed by atoms with Crippen LogP contribution in [0.25, 0.3) is 21.9 Å². The summed E-state index contributed by atoms with van der Waals surface area (Å²) in [6, 6.07) is 60.9. The van der Waals surface area contributed by atoms with Gasteiger partial charge in [0.2, 0.25) is 0 Å². The van der Waals surface area contributed by atoms with Gasteiger partial charge in [-0.25, -0.2) is 0 Å². The van der Waals surface area contributed by atoms with Crippen molar-refractivity contribution in [1.29, 1.82) is 0 Å². The van der Waals surface area contributed by atoms with E-state index in [-0.39, 0.29) is 5.41 Å². The van der Waals surface area contributed by atoms with E-state index in [0.717, 1.165) is 53.3 Å².